The molecule has 0 aromatic carbocycles. The Balaban J connectivity index is 3.39. The normalized spacial score (nSPS) is 12.8. The van der Waals surface area contributed by atoms with Crippen molar-refractivity contribution in [3.63, 3.8) is 0 Å². The minimum atomic E-state index is 0.123. The third-order valence-electron chi connectivity index (χ3n) is 2.64. The molecule has 0 radical (unpaired) electrons. The van der Waals surface area contributed by atoms with Gasteiger partial charge in [0.05, 0.1) is 13.2 Å². The highest BCUT2D eigenvalue weighted by atomic mass is 16.5. The molecule has 0 unspecified atom stereocenters. The van der Waals surface area contributed by atoms with Crippen LogP contribution in [0.15, 0.2) is 0 Å². The molecule has 0 amide bonds. The number of nitrogens with one attached hydrogen (secondary N) is 1. The quantitative estimate of drug-likeness (QED) is 0.624. The topological polar surface area (TPSA) is 24.5 Å². The van der Waals surface area contributed by atoms with Crippen LogP contribution >= 0.6 is 0 Å². The summed E-state index contributed by atoms with van der Waals surface area (Å²) < 4.78 is 5.64. The Morgan fingerprint density at radius 1 is 1.27 bits per heavy atom. The fourth-order valence-electron chi connectivity index (χ4n) is 0.986. The number of hydrogen-bond acceptors (Lipinski definition) is 3. The molecule has 15 heavy (non-hydrogen) atoms. The Labute approximate surface area is 95.2 Å². The van der Waals surface area contributed by atoms with Crippen molar-refractivity contribution in [2.45, 2.75) is 33.2 Å². The Morgan fingerprint density at radius 3 is 2.33 bits per heavy atom. The second-order valence-electron chi connectivity index (χ2n) is 5.36. The van der Waals surface area contributed by atoms with Crippen LogP contribution in [0.1, 0.15) is 27.7 Å². The molecular weight excluding hydrogens is 188 g/mol. The summed E-state index contributed by atoms with van der Waals surface area (Å²) in [6.07, 6.45) is 0. The van der Waals surface area contributed by atoms with Crippen molar-refractivity contribution in [3.05, 3.63) is 0 Å². The first-order chi connectivity index (χ1) is 6.86. The molecule has 3 heteroatoms. The Morgan fingerprint density at radius 2 is 1.87 bits per heavy atom. The minimum Gasteiger partial charge on any atom is -0.378 e. The summed E-state index contributed by atoms with van der Waals surface area (Å²) in [6, 6.07) is 0. The fraction of sp³-hybridized carbons (Fsp3) is 1.00. The van der Waals surface area contributed by atoms with Gasteiger partial charge in [-0.1, -0.05) is 13.8 Å². The van der Waals surface area contributed by atoms with E-state index in [0.29, 0.717) is 5.92 Å². The summed E-state index contributed by atoms with van der Waals surface area (Å²) in [4.78, 5) is 2.19. The van der Waals surface area contributed by atoms with Gasteiger partial charge < -0.3 is 15.0 Å². The van der Waals surface area contributed by atoms with Gasteiger partial charge in [0.2, 0.25) is 0 Å². The highest BCUT2D eigenvalue weighted by Crippen LogP contribution is 2.09. The minimum absolute atomic E-state index is 0.123. The lowest BCUT2D eigenvalue weighted by atomic mass is 10.1. The van der Waals surface area contributed by atoms with E-state index < -0.39 is 0 Å². The van der Waals surface area contributed by atoms with Gasteiger partial charge in [0, 0.05) is 12.1 Å². The lowest BCUT2D eigenvalue weighted by molar-refractivity contribution is 0.0374. The molecule has 92 valence electrons. The molecule has 0 spiro atoms. The molecule has 0 aromatic rings. The molecule has 0 fully saturated rings. The van der Waals surface area contributed by atoms with Gasteiger partial charge in [-0.25, -0.2) is 0 Å². The van der Waals surface area contributed by atoms with E-state index in [-0.39, 0.29) is 5.54 Å². The van der Waals surface area contributed by atoms with Crippen LogP contribution in [0.2, 0.25) is 0 Å². The Kier molecular flexibility index (Phi) is 7.14. The first-order valence-corrected chi connectivity index (χ1v) is 5.82. The molecule has 0 heterocycles. The summed E-state index contributed by atoms with van der Waals surface area (Å²) >= 11 is 0. The highest BCUT2D eigenvalue weighted by Gasteiger charge is 2.19. The van der Waals surface area contributed by atoms with Gasteiger partial charge in [-0.2, -0.15) is 0 Å². The zero-order valence-electron chi connectivity index (χ0n) is 11.3. The number of hydrogen-bond donors (Lipinski definition) is 1. The zero-order chi connectivity index (χ0) is 11.9. The van der Waals surface area contributed by atoms with E-state index in [2.05, 4.69) is 52.0 Å². The maximum Gasteiger partial charge on any atom is 0.0645 e. The van der Waals surface area contributed by atoms with Crippen molar-refractivity contribution in [1.82, 2.24) is 10.2 Å². The number of ether oxygens (including phenoxy) is 1. The molecule has 1 N–H and O–H groups in total. The molecule has 0 bridgehead atoms. The molecule has 0 aromatic heterocycles. The van der Waals surface area contributed by atoms with Crippen LogP contribution in [0.25, 0.3) is 0 Å². The molecule has 0 aliphatic heterocycles. The van der Waals surface area contributed by atoms with Crippen LogP contribution in [-0.4, -0.2) is 50.8 Å². The first kappa shape index (κ1) is 14.9. The van der Waals surface area contributed by atoms with E-state index in [1.807, 2.05) is 0 Å². The van der Waals surface area contributed by atoms with E-state index in [1.165, 1.54) is 0 Å². The standard InChI is InChI=1S/C12H28N2O/c1-11(2)9-13-7-8-15-10-12(3,4)14(5)6/h11,13H,7-10H2,1-6H3. The van der Waals surface area contributed by atoms with Crippen LogP contribution in [0.5, 0.6) is 0 Å². The van der Waals surface area contributed by atoms with Crippen molar-refractivity contribution in [3.8, 4) is 0 Å². The SMILES string of the molecule is CC(C)CNCCOCC(C)(C)N(C)C. The average molecular weight is 216 g/mol. The Bertz CT molecular complexity index is 156. The second kappa shape index (κ2) is 7.20. The van der Waals surface area contributed by atoms with Gasteiger partial charge in [0.1, 0.15) is 0 Å². The van der Waals surface area contributed by atoms with Gasteiger partial charge in [-0.3, -0.25) is 0 Å². The van der Waals surface area contributed by atoms with E-state index >= 15 is 0 Å². The van der Waals surface area contributed by atoms with E-state index in [4.69, 9.17) is 4.74 Å². The molecule has 0 aliphatic carbocycles. The number of rotatable bonds is 8. The number of likely N-dealkylation sites (N-methyl/N-ethyl adjacent to an activating group) is 1. The summed E-state index contributed by atoms with van der Waals surface area (Å²) in [5.74, 6) is 0.711. The van der Waals surface area contributed by atoms with E-state index in [9.17, 15) is 0 Å². The highest BCUT2D eigenvalue weighted by molar-refractivity contribution is 4.75. The smallest absolute Gasteiger partial charge is 0.0645 e. The predicted octanol–water partition coefficient (Wildman–Crippen LogP) is 1.59. The van der Waals surface area contributed by atoms with Crippen LogP contribution in [-0.2, 0) is 4.74 Å². The van der Waals surface area contributed by atoms with Crippen molar-refractivity contribution in [1.29, 1.82) is 0 Å². The zero-order valence-corrected chi connectivity index (χ0v) is 11.3. The van der Waals surface area contributed by atoms with Crippen molar-refractivity contribution in [2.75, 3.05) is 40.4 Å². The van der Waals surface area contributed by atoms with Crippen LogP contribution in [0, 0.1) is 5.92 Å². The summed E-state index contributed by atoms with van der Waals surface area (Å²) in [5.41, 5.74) is 0.123. The van der Waals surface area contributed by atoms with Crippen LogP contribution < -0.4 is 5.32 Å². The summed E-state index contributed by atoms with van der Waals surface area (Å²) in [7, 11) is 4.17. The molecule has 3 nitrogen and oxygen atoms in total. The average Bonchev–Trinajstić information content (AvgIpc) is 2.10. The van der Waals surface area contributed by atoms with Crippen LogP contribution in [0.4, 0.5) is 0 Å². The van der Waals surface area contributed by atoms with Crippen LogP contribution in [0.3, 0.4) is 0 Å². The summed E-state index contributed by atoms with van der Waals surface area (Å²) in [6.45, 7) is 12.4. The van der Waals surface area contributed by atoms with Gasteiger partial charge in [-0.05, 0) is 40.4 Å². The van der Waals surface area contributed by atoms with E-state index in [1.54, 1.807) is 0 Å². The summed E-state index contributed by atoms with van der Waals surface area (Å²) in [5, 5.41) is 3.36. The Hall–Kier alpha value is -0.120. The van der Waals surface area contributed by atoms with Gasteiger partial charge >= 0.3 is 0 Å². The largest absolute Gasteiger partial charge is 0.378 e. The van der Waals surface area contributed by atoms with Gasteiger partial charge in [0.25, 0.3) is 0 Å². The number of nitrogens with zero attached hydrogens (tertiary/aromatic N) is 1. The maximum atomic E-state index is 5.64. The lowest BCUT2D eigenvalue weighted by Crippen LogP contribution is -2.43. The molecule has 0 saturated carbocycles. The van der Waals surface area contributed by atoms with Crippen molar-refractivity contribution < 1.29 is 4.74 Å². The fourth-order valence-corrected chi connectivity index (χ4v) is 0.986. The maximum absolute atomic E-state index is 5.64. The third-order valence-corrected chi connectivity index (χ3v) is 2.64. The lowest BCUT2D eigenvalue weighted by Gasteiger charge is -2.32. The first-order valence-electron chi connectivity index (χ1n) is 5.82. The monoisotopic (exact) mass is 216 g/mol. The predicted molar refractivity (Wildman–Crippen MR) is 66.3 cm³/mol. The van der Waals surface area contributed by atoms with Gasteiger partial charge in [0.15, 0.2) is 0 Å². The van der Waals surface area contributed by atoms with Gasteiger partial charge in [-0.15, -0.1) is 0 Å². The second-order valence-corrected chi connectivity index (χ2v) is 5.36. The molecule has 0 atom stereocenters. The molecule has 0 saturated heterocycles. The third kappa shape index (κ3) is 7.77. The molecule has 0 rings (SSSR count). The van der Waals surface area contributed by atoms with E-state index in [0.717, 1.165) is 26.3 Å². The van der Waals surface area contributed by atoms with Crippen molar-refractivity contribution in [2.24, 2.45) is 5.92 Å². The molecular formula is C12H28N2O. The molecule has 0 aliphatic rings. The van der Waals surface area contributed by atoms with Crippen molar-refractivity contribution >= 4 is 0 Å².